The number of hydrogen-bond acceptors (Lipinski definition) is 3. The van der Waals surface area contributed by atoms with Crippen molar-refractivity contribution in [3.63, 3.8) is 0 Å². The zero-order chi connectivity index (χ0) is 9.47. The monoisotopic (exact) mass is 184 g/mol. The average molecular weight is 184 g/mol. The quantitative estimate of drug-likeness (QED) is 0.648. The smallest absolute Gasteiger partial charge is 0.0666 e. The Bertz CT molecular complexity index is 187. The molecule has 0 radical (unpaired) electrons. The van der Waals surface area contributed by atoms with Crippen molar-refractivity contribution < 1.29 is 4.74 Å². The fourth-order valence-corrected chi connectivity index (χ4v) is 2.84. The number of hydrogen-bond donors (Lipinski definition) is 1. The molecule has 2 unspecified atom stereocenters. The maximum absolute atomic E-state index is 6.18. The van der Waals surface area contributed by atoms with Crippen LogP contribution in [0.3, 0.4) is 0 Å². The molecule has 0 aliphatic carbocycles. The third kappa shape index (κ3) is 1.30. The van der Waals surface area contributed by atoms with Gasteiger partial charge >= 0.3 is 0 Å². The molecule has 0 amide bonds. The van der Waals surface area contributed by atoms with Gasteiger partial charge in [0.15, 0.2) is 0 Å². The Morgan fingerprint density at radius 3 is 2.85 bits per heavy atom. The summed E-state index contributed by atoms with van der Waals surface area (Å²) in [6.45, 7) is 7.36. The summed E-state index contributed by atoms with van der Waals surface area (Å²) in [6.07, 6.45) is 2.24. The molecule has 2 N–H and O–H groups in total. The van der Waals surface area contributed by atoms with E-state index in [1.54, 1.807) is 0 Å². The number of likely N-dealkylation sites (tertiary alicyclic amines) is 1. The molecule has 2 rings (SSSR count). The second-order valence-corrected chi connectivity index (χ2v) is 4.59. The molecular weight excluding hydrogens is 164 g/mol. The van der Waals surface area contributed by atoms with Crippen molar-refractivity contribution in [3.05, 3.63) is 0 Å². The van der Waals surface area contributed by atoms with Gasteiger partial charge in [0.05, 0.1) is 12.1 Å². The lowest BCUT2D eigenvalue weighted by Crippen LogP contribution is -2.56. The Kier molecular flexibility index (Phi) is 2.34. The Balaban J connectivity index is 2.20. The number of nitrogens with zero attached hydrogens (tertiary/aromatic N) is 1. The van der Waals surface area contributed by atoms with Gasteiger partial charge in [-0.05, 0) is 26.7 Å². The van der Waals surface area contributed by atoms with E-state index in [1.165, 1.54) is 0 Å². The van der Waals surface area contributed by atoms with Crippen LogP contribution in [0.2, 0.25) is 0 Å². The van der Waals surface area contributed by atoms with Gasteiger partial charge in [0.25, 0.3) is 0 Å². The molecule has 0 aromatic heterocycles. The molecule has 3 heteroatoms. The summed E-state index contributed by atoms with van der Waals surface area (Å²) in [6, 6.07) is 0.910. The molecule has 0 saturated carbocycles. The van der Waals surface area contributed by atoms with Gasteiger partial charge in [0.2, 0.25) is 0 Å². The average Bonchev–Trinajstić information content (AvgIpc) is 2.64. The first kappa shape index (κ1) is 9.44. The van der Waals surface area contributed by atoms with Crippen LogP contribution < -0.4 is 5.73 Å². The predicted molar refractivity (Wildman–Crippen MR) is 52.6 cm³/mol. The Morgan fingerprint density at radius 1 is 1.54 bits per heavy atom. The zero-order valence-electron chi connectivity index (χ0n) is 8.62. The highest BCUT2D eigenvalue weighted by Gasteiger charge is 2.50. The SMILES string of the molecule is CC(C)N1CCC(N)C12CCOC2. The molecule has 0 bridgehead atoms. The summed E-state index contributed by atoms with van der Waals surface area (Å²) in [5.41, 5.74) is 6.36. The second-order valence-electron chi connectivity index (χ2n) is 4.59. The molecule has 3 nitrogen and oxygen atoms in total. The molecule has 0 aromatic carbocycles. The van der Waals surface area contributed by atoms with E-state index in [0.29, 0.717) is 12.1 Å². The van der Waals surface area contributed by atoms with E-state index in [9.17, 15) is 0 Å². The van der Waals surface area contributed by atoms with E-state index in [1.807, 2.05) is 0 Å². The first-order chi connectivity index (χ1) is 6.17. The highest BCUT2D eigenvalue weighted by molar-refractivity contribution is 5.07. The highest BCUT2D eigenvalue weighted by Crippen LogP contribution is 2.36. The van der Waals surface area contributed by atoms with Crippen LogP contribution >= 0.6 is 0 Å². The molecule has 2 fully saturated rings. The normalized spacial score (nSPS) is 41.1. The predicted octanol–water partition coefficient (Wildman–Crippen LogP) is 0.587. The van der Waals surface area contributed by atoms with Crippen molar-refractivity contribution in [2.24, 2.45) is 5.73 Å². The van der Waals surface area contributed by atoms with Crippen LogP contribution in [-0.4, -0.2) is 42.3 Å². The minimum absolute atomic E-state index is 0.175. The summed E-state index contributed by atoms with van der Waals surface area (Å²) in [5, 5.41) is 0. The van der Waals surface area contributed by atoms with Crippen LogP contribution in [0.5, 0.6) is 0 Å². The largest absolute Gasteiger partial charge is 0.379 e. The van der Waals surface area contributed by atoms with Crippen molar-refractivity contribution in [3.8, 4) is 0 Å². The van der Waals surface area contributed by atoms with Gasteiger partial charge < -0.3 is 10.5 Å². The molecule has 2 saturated heterocycles. The van der Waals surface area contributed by atoms with Crippen LogP contribution in [-0.2, 0) is 4.74 Å². The van der Waals surface area contributed by atoms with E-state index in [4.69, 9.17) is 10.5 Å². The number of nitrogens with two attached hydrogens (primary N) is 1. The van der Waals surface area contributed by atoms with E-state index in [-0.39, 0.29) is 5.54 Å². The minimum atomic E-state index is 0.175. The summed E-state index contributed by atoms with van der Waals surface area (Å²) in [5.74, 6) is 0. The molecular formula is C10H20N2O. The van der Waals surface area contributed by atoms with Crippen molar-refractivity contribution in [1.29, 1.82) is 0 Å². The standard InChI is InChI=1S/C10H20N2O/c1-8(2)12-5-3-9(11)10(12)4-6-13-7-10/h8-9H,3-7,11H2,1-2H3. The molecule has 2 aliphatic rings. The molecule has 2 aliphatic heterocycles. The Labute approximate surface area is 80.2 Å². The number of rotatable bonds is 1. The van der Waals surface area contributed by atoms with Crippen molar-refractivity contribution in [1.82, 2.24) is 4.90 Å². The lowest BCUT2D eigenvalue weighted by atomic mass is 9.90. The van der Waals surface area contributed by atoms with Crippen LogP contribution in [0.1, 0.15) is 26.7 Å². The molecule has 1 spiro atoms. The summed E-state index contributed by atoms with van der Waals surface area (Å²) < 4.78 is 5.51. The van der Waals surface area contributed by atoms with Crippen molar-refractivity contribution >= 4 is 0 Å². The van der Waals surface area contributed by atoms with Gasteiger partial charge in [0.1, 0.15) is 0 Å². The minimum Gasteiger partial charge on any atom is -0.379 e. The maximum Gasteiger partial charge on any atom is 0.0666 e. The van der Waals surface area contributed by atoms with E-state index in [2.05, 4.69) is 18.7 Å². The van der Waals surface area contributed by atoms with E-state index < -0.39 is 0 Å². The van der Waals surface area contributed by atoms with E-state index >= 15 is 0 Å². The zero-order valence-corrected chi connectivity index (χ0v) is 8.62. The third-order valence-corrected chi connectivity index (χ3v) is 3.60. The molecule has 13 heavy (non-hydrogen) atoms. The summed E-state index contributed by atoms with van der Waals surface area (Å²) in [7, 11) is 0. The fourth-order valence-electron chi connectivity index (χ4n) is 2.84. The molecule has 76 valence electrons. The van der Waals surface area contributed by atoms with Crippen LogP contribution in [0.15, 0.2) is 0 Å². The van der Waals surface area contributed by atoms with Crippen molar-refractivity contribution in [2.75, 3.05) is 19.8 Å². The van der Waals surface area contributed by atoms with Crippen molar-refractivity contribution in [2.45, 2.75) is 44.3 Å². The first-order valence-electron chi connectivity index (χ1n) is 5.27. The van der Waals surface area contributed by atoms with Crippen LogP contribution in [0.4, 0.5) is 0 Å². The Morgan fingerprint density at radius 2 is 2.31 bits per heavy atom. The van der Waals surface area contributed by atoms with Crippen LogP contribution in [0, 0.1) is 0 Å². The van der Waals surface area contributed by atoms with Gasteiger partial charge in [-0.3, -0.25) is 4.90 Å². The van der Waals surface area contributed by atoms with Gasteiger partial charge in [-0.15, -0.1) is 0 Å². The lowest BCUT2D eigenvalue weighted by Gasteiger charge is -2.39. The van der Waals surface area contributed by atoms with Crippen LogP contribution in [0.25, 0.3) is 0 Å². The summed E-state index contributed by atoms with van der Waals surface area (Å²) in [4.78, 5) is 2.53. The molecule has 0 aromatic rings. The third-order valence-electron chi connectivity index (χ3n) is 3.60. The van der Waals surface area contributed by atoms with Gasteiger partial charge in [-0.2, -0.15) is 0 Å². The maximum atomic E-state index is 6.18. The lowest BCUT2D eigenvalue weighted by molar-refractivity contribution is 0.0699. The fraction of sp³-hybridized carbons (Fsp3) is 1.00. The van der Waals surface area contributed by atoms with E-state index in [0.717, 1.165) is 32.6 Å². The Hall–Kier alpha value is -0.120. The number of ether oxygens (including phenoxy) is 1. The summed E-state index contributed by atoms with van der Waals surface area (Å²) >= 11 is 0. The first-order valence-corrected chi connectivity index (χ1v) is 5.27. The highest BCUT2D eigenvalue weighted by atomic mass is 16.5. The topological polar surface area (TPSA) is 38.5 Å². The van der Waals surface area contributed by atoms with Gasteiger partial charge in [-0.1, -0.05) is 0 Å². The molecule has 2 atom stereocenters. The molecule has 2 heterocycles. The van der Waals surface area contributed by atoms with Gasteiger partial charge in [0, 0.05) is 25.2 Å². The van der Waals surface area contributed by atoms with Gasteiger partial charge in [-0.25, -0.2) is 0 Å². The second kappa shape index (κ2) is 3.23.